The van der Waals surface area contributed by atoms with Crippen molar-refractivity contribution < 1.29 is 0 Å². The lowest BCUT2D eigenvalue weighted by atomic mass is 10.0. The highest BCUT2D eigenvalue weighted by Gasteiger charge is 2.05. The Morgan fingerprint density at radius 2 is 1.89 bits per heavy atom. The normalized spacial score (nSPS) is 10.9. The third-order valence-corrected chi connectivity index (χ3v) is 4.24. The molecule has 0 amide bonds. The molecule has 0 aliphatic heterocycles. The van der Waals surface area contributed by atoms with Crippen LogP contribution >= 0.6 is 11.3 Å². The number of nitrogens with one attached hydrogen (secondary N) is 1. The van der Waals surface area contributed by atoms with Crippen LogP contribution in [0.4, 0.5) is 0 Å². The number of benzene rings is 1. The summed E-state index contributed by atoms with van der Waals surface area (Å²) < 4.78 is 0. The van der Waals surface area contributed by atoms with Crippen LogP contribution in [-0.2, 0) is 12.8 Å². The molecule has 3 nitrogen and oxygen atoms in total. The molecule has 2 rings (SSSR count). The summed E-state index contributed by atoms with van der Waals surface area (Å²) in [5.41, 5.74) is 4.01. The lowest BCUT2D eigenvalue weighted by molar-refractivity contribution is 0.717. The Morgan fingerprint density at radius 3 is 2.63 bits per heavy atom. The van der Waals surface area contributed by atoms with Crippen molar-refractivity contribution in [3.05, 3.63) is 44.9 Å². The molecule has 0 spiro atoms. The van der Waals surface area contributed by atoms with Gasteiger partial charge in [-0.15, -0.1) is 21.5 Å². The topological polar surface area (TPSA) is 37.8 Å². The largest absolute Gasteiger partial charge is 0.320 e. The van der Waals surface area contributed by atoms with Crippen molar-refractivity contribution in [3.63, 3.8) is 0 Å². The van der Waals surface area contributed by atoms with Gasteiger partial charge in [-0.1, -0.05) is 18.2 Å². The highest BCUT2D eigenvalue weighted by atomic mass is 32.1. The molecule has 0 atom stereocenters. The first-order valence-corrected chi connectivity index (χ1v) is 7.52. The first kappa shape index (κ1) is 14.2. The standard InChI is InChI=1S/C15H21N3S/c1-11-6-7-13(9-12(11)2)10-15-18-17-14(19-15)5-4-8-16-3/h6-7,9,16H,4-5,8,10H2,1-3H3. The molecular weight excluding hydrogens is 254 g/mol. The predicted molar refractivity (Wildman–Crippen MR) is 80.9 cm³/mol. The number of aromatic nitrogens is 2. The Bertz CT molecular complexity index is 534. The van der Waals surface area contributed by atoms with Crippen LogP contribution in [0.25, 0.3) is 0 Å². The van der Waals surface area contributed by atoms with E-state index >= 15 is 0 Å². The number of hydrogen-bond acceptors (Lipinski definition) is 4. The fraction of sp³-hybridized carbons (Fsp3) is 0.467. The SMILES string of the molecule is CNCCCc1nnc(Cc2ccc(C)c(C)c2)s1. The van der Waals surface area contributed by atoms with Gasteiger partial charge in [0.2, 0.25) is 0 Å². The Kier molecular flexibility index (Phi) is 5.05. The highest BCUT2D eigenvalue weighted by Crippen LogP contribution is 2.17. The van der Waals surface area contributed by atoms with E-state index in [1.807, 2.05) is 7.05 Å². The maximum atomic E-state index is 4.29. The summed E-state index contributed by atoms with van der Waals surface area (Å²) in [6.07, 6.45) is 3.03. The molecule has 19 heavy (non-hydrogen) atoms. The lowest BCUT2D eigenvalue weighted by Crippen LogP contribution is -2.08. The molecule has 0 aliphatic rings. The van der Waals surface area contributed by atoms with Crippen molar-refractivity contribution in [1.29, 1.82) is 0 Å². The van der Waals surface area contributed by atoms with E-state index in [4.69, 9.17) is 0 Å². The first-order chi connectivity index (χ1) is 9.19. The van der Waals surface area contributed by atoms with E-state index in [1.165, 1.54) is 16.7 Å². The van der Waals surface area contributed by atoms with Crippen LogP contribution in [-0.4, -0.2) is 23.8 Å². The summed E-state index contributed by atoms with van der Waals surface area (Å²) in [6.45, 7) is 5.33. The van der Waals surface area contributed by atoms with E-state index in [0.29, 0.717) is 0 Å². The van der Waals surface area contributed by atoms with Gasteiger partial charge < -0.3 is 5.32 Å². The van der Waals surface area contributed by atoms with Gasteiger partial charge >= 0.3 is 0 Å². The Hall–Kier alpha value is -1.26. The quantitative estimate of drug-likeness (QED) is 0.824. The molecule has 102 valence electrons. The zero-order chi connectivity index (χ0) is 13.7. The molecule has 0 fully saturated rings. The van der Waals surface area contributed by atoms with Crippen molar-refractivity contribution >= 4 is 11.3 Å². The molecule has 2 aromatic rings. The molecule has 0 unspecified atom stereocenters. The van der Waals surface area contributed by atoms with Gasteiger partial charge in [-0.05, 0) is 50.6 Å². The minimum atomic E-state index is 0.894. The van der Waals surface area contributed by atoms with E-state index in [-0.39, 0.29) is 0 Å². The molecule has 4 heteroatoms. The second-order valence-electron chi connectivity index (χ2n) is 4.89. The van der Waals surface area contributed by atoms with Crippen molar-refractivity contribution in [3.8, 4) is 0 Å². The van der Waals surface area contributed by atoms with Gasteiger partial charge in [-0.2, -0.15) is 0 Å². The Labute approximate surface area is 119 Å². The Morgan fingerprint density at radius 1 is 1.11 bits per heavy atom. The van der Waals surface area contributed by atoms with Crippen LogP contribution in [0.5, 0.6) is 0 Å². The van der Waals surface area contributed by atoms with Gasteiger partial charge in [-0.25, -0.2) is 0 Å². The Balaban J connectivity index is 1.97. The lowest BCUT2D eigenvalue weighted by Gasteiger charge is -2.02. The first-order valence-electron chi connectivity index (χ1n) is 6.71. The molecule has 1 aromatic carbocycles. The molecule has 1 heterocycles. The van der Waals surface area contributed by atoms with E-state index in [0.717, 1.165) is 35.8 Å². The molecule has 0 radical (unpaired) electrons. The molecule has 0 aliphatic carbocycles. The van der Waals surface area contributed by atoms with Crippen LogP contribution < -0.4 is 5.32 Å². The zero-order valence-electron chi connectivity index (χ0n) is 11.9. The number of hydrogen-bond donors (Lipinski definition) is 1. The molecule has 1 N–H and O–H groups in total. The van der Waals surface area contributed by atoms with Crippen LogP contribution in [0.1, 0.15) is 33.1 Å². The molecular formula is C15H21N3S. The maximum absolute atomic E-state index is 4.29. The number of rotatable bonds is 6. The summed E-state index contributed by atoms with van der Waals surface area (Å²) in [7, 11) is 1.98. The summed E-state index contributed by atoms with van der Waals surface area (Å²) >= 11 is 1.74. The van der Waals surface area contributed by atoms with E-state index in [9.17, 15) is 0 Å². The fourth-order valence-electron chi connectivity index (χ4n) is 1.97. The monoisotopic (exact) mass is 275 g/mol. The zero-order valence-corrected chi connectivity index (χ0v) is 12.7. The van der Waals surface area contributed by atoms with Crippen LogP contribution in [0.3, 0.4) is 0 Å². The predicted octanol–water partition coefficient (Wildman–Crippen LogP) is 2.90. The number of aryl methyl sites for hydroxylation is 3. The second kappa shape index (κ2) is 6.78. The highest BCUT2D eigenvalue weighted by molar-refractivity contribution is 7.11. The number of nitrogens with zero attached hydrogens (tertiary/aromatic N) is 2. The molecule has 0 saturated heterocycles. The van der Waals surface area contributed by atoms with Crippen LogP contribution in [0, 0.1) is 13.8 Å². The average molecular weight is 275 g/mol. The van der Waals surface area contributed by atoms with Crippen molar-refractivity contribution in [1.82, 2.24) is 15.5 Å². The van der Waals surface area contributed by atoms with E-state index in [2.05, 4.69) is 47.6 Å². The van der Waals surface area contributed by atoms with Crippen LogP contribution in [0.2, 0.25) is 0 Å². The smallest absolute Gasteiger partial charge is 0.121 e. The minimum absolute atomic E-state index is 0.894. The summed E-state index contributed by atoms with van der Waals surface area (Å²) in [5, 5.41) is 14.0. The minimum Gasteiger partial charge on any atom is -0.320 e. The van der Waals surface area contributed by atoms with Crippen molar-refractivity contribution in [2.45, 2.75) is 33.1 Å². The third-order valence-electron chi connectivity index (χ3n) is 3.25. The van der Waals surface area contributed by atoms with Gasteiger partial charge in [0.05, 0.1) is 0 Å². The summed E-state index contributed by atoms with van der Waals surface area (Å²) in [6, 6.07) is 6.61. The summed E-state index contributed by atoms with van der Waals surface area (Å²) in [4.78, 5) is 0. The molecule has 0 bridgehead atoms. The van der Waals surface area contributed by atoms with E-state index < -0.39 is 0 Å². The second-order valence-corrected chi connectivity index (χ2v) is 6.04. The average Bonchev–Trinajstić information content (AvgIpc) is 2.82. The third kappa shape index (κ3) is 4.11. The van der Waals surface area contributed by atoms with E-state index in [1.54, 1.807) is 11.3 Å². The van der Waals surface area contributed by atoms with Gasteiger partial charge in [0.15, 0.2) is 0 Å². The summed E-state index contributed by atoms with van der Waals surface area (Å²) in [5.74, 6) is 0. The van der Waals surface area contributed by atoms with Gasteiger partial charge in [0.1, 0.15) is 10.0 Å². The van der Waals surface area contributed by atoms with Crippen LogP contribution in [0.15, 0.2) is 18.2 Å². The van der Waals surface area contributed by atoms with Gasteiger partial charge in [-0.3, -0.25) is 0 Å². The fourth-order valence-corrected chi connectivity index (χ4v) is 2.89. The van der Waals surface area contributed by atoms with Crippen molar-refractivity contribution in [2.24, 2.45) is 0 Å². The maximum Gasteiger partial charge on any atom is 0.121 e. The van der Waals surface area contributed by atoms with Gasteiger partial charge in [0, 0.05) is 12.8 Å². The molecule has 0 saturated carbocycles. The molecule has 1 aromatic heterocycles. The van der Waals surface area contributed by atoms with Crippen molar-refractivity contribution in [2.75, 3.05) is 13.6 Å². The van der Waals surface area contributed by atoms with Gasteiger partial charge in [0.25, 0.3) is 0 Å².